The standard InChI is InChI=1S/C18H22FN3O3S/c1-14-5-7-16(8-6-14)26(24,25)22(13-15-4-3-11-21-12-15)17(9-10-19)18(23)20-2/h3-8,11-12,17H,9-10,13H2,1-2H3,(H,20,23)/t17-/m1/s1. The van der Waals surface area contributed by atoms with Crippen LogP contribution in [-0.4, -0.2) is 43.4 Å². The number of nitrogens with one attached hydrogen (secondary N) is 1. The van der Waals surface area contributed by atoms with Crippen LogP contribution in [0, 0.1) is 6.92 Å². The molecule has 0 aliphatic rings. The SMILES string of the molecule is CNC(=O)[C@@H](CCF)N(Cc1cccnc1)S(=O)(=O)c1ccc(C)cc1. The molecule has 0 saturated heterocycles. The van der Waals surface area contributed by atoms with Crippen molar-refractivity contribution in [1.82, 2.24) is 14.6 Å². The molecule has 0 bridgehead atoms. The van der Waals surface area contributed by atoms with E-state index in [4.69, 9.17) is 0 Å². The van der Waals surface area contributed by atoms with E-state index in [1.165, 1.54) is 25.4 Å². The molecule has 1 aromatic heterocycles. The zero-order valence-corrected chi connectivity index (χ0v) is 15.5. The molecule has 1 aromatic carbocycles. The van der Waals surface area contributed by atoms with Crippen molar-refractivity contribution in [2.24, 2.45) is 0 Å². The molecule has 0 fully saturated rings. The lowest BCUT2D eigenvalue weighted by molar-refractivity contribution is -0.124. The number of alkyl halides is 1. The van der Waals surface area contributed by atoms with Crippen LogP contribution in [0.1, 0.15) is 17.5 Å². The van der Waals surface area contributed by atoms with Crippen LogP contribution in [0.25, 0.3) is 0 Å². The number of benzene rings is 1. The first-order valence-corrected chi connectivity index (χ1v) is 9.59. The molecule has 1 N–H and O–H groups in total. The number of hydrogen-bond acceptors (Lipinski definition) is 4. The van der Waals surface area contributed by atoms with E-state index in [1.807, 2.05) is 6.92 Å². The average Bonchev–Trinajstić information content (AvgIpc) is 2.65. The molecule has 0 aliphatic heterocycles. The molecule has 1 amide bonds. The van der Waals surface area contributed by atoms with Crippen LogP contribution in [0.3, 0.4) is 0 Å². The van der Waals surface area contributed by atoms with E-state index in [0.29, 0.717) is 5.56 Å². The first kappa shape index (κ1) is 20.0. The molecule has 2 rings (SSSR count). The lowest BCUT2D eigenvalue weighted by atomic mass is 10.2. The van der Waals surface area contributed by atoms with Crippen molar-refractivity contribution in [2.45, 2.75) is 30.8 Å². The largest absolute Gasteiger partial charge is 0.358 e. The molecule has 1 heterocycles. The molecule has 0 spiro atoms. The Bertz CT molecular complexity index is 827. The van der Waals surface area contributed by atoms with E-state index >= 15 is 0 Å². The number of nitrogens with zero attached hydrogens (tertiary/aromatic N) is 2. The zero-order chi connectivity index (χ0) is 19.2. The van der Waals surface area contributed by atoms with Crippen molar-refractivity contribution in [1.29, 1.82) is 0 Å². The first-order chi connectivity index (χ1) is 12.4. The van der Waals surface area contributed by atoms with E-state index in [9.17, 15) is 17.6 Å². The Labute approximate surface area is 153 Å². The molecule has 0 unspecified atom stereocenters. The Morgan fingerprint density at radius 2 is 1.96 bits per heavy atom. The second-order valence-electron chi connectivity index (χ2n) is 5.83. The summed E-state index contributed by atoms with van der Waals surface area (Å²) in [6.45, 7) is 0.952. The maximum Gasteiger partial charge on any atom is 0.244 e. The molecule has 0 radical (unpaired) electrons. The van der Waals surface area contributed by atoms with Crippen molar-refractivity contribution in [2.75, 3.05) is 13.7 Å². The van der Waals surface area contributed by atoms with Gasteiger partial charge in [-0.25, -0.2) is 8.42 Å². The summed E-state index contributed by atoms with van der Waals surface area (Å²) < 4.78 is 40.5. The summed E-state index contributed by atoms with van der Waals surface area (Å²) in [5.74, 6) is -0.553. The summed E-state index contributed by atoms with van der Waals surface area (Å²) in [5.41, 5.74) is 1.52. The zero-order valence-electron chi connectivity index (χ0n) is 14.7. The van der Waals surface area contributed by atoms with Crippen molar-refractivity contribution in [3.05, 3.63) is 59.9 Å². The normalized spacial score (nSPS) is 12.8. The van der Waals surface area contributed by atoms with Gasteiger partial charge >= 0.3 is 0 Å². The van der Waals surface area contributed by atoms with Gasteiger partial charge in [-0.3, -0.25) is 14.2 Å². The number of rotatable bonds is 8. The molecule has 26 heavy (non-hydrogen) atoms. The third kappa shape index (κ3) is 4.64. The van der Waals surface area contributed by atoms with Crippen molar-refractivity contribution >= 4 is 15.9 Å². The lowest BCUT2D eigenvalue weighted by Crippen LogP contribution is -2.48. The predicted octanol–water partition coefficient (Wildman–Crippen LogP) is 2.06. The monoisotopic (exact) mass is 379 g/mol. The number of aromatic nitrogens is 1. The van der Waals surface area contributed by atoms with E-state index in [1.54, 1.807) is 30.5 Å². The Morgan fingerprint density at radius 3 is 2.50 bits per heavy atom. The fourth-order valence-electron chi connectivity index (χ4n) is 2.56. The van der Waals surface area contributed by atoms with Crippen LogP contribution in [-0.2, 0) is 21.4 Å². The fraction of sp³-hybridized carbons (Fsp3) is 0.333. The minimum Gasteiger partial charge on any atom is -0.358 e. The van der Waals surface area contributed by atoms with Gasteiger partial charge < -0.3 is 5.32 Å². The smallest absolute Gasteiger partial charge is 0.244 e. The number of amides is 1. The minimum atomic E-state index is -4.01. The van der Waals surface area contributed by atoms with Gasteiger partial charge in [0.05, 0.1) is 11.6 Å². The quantitative estimate of drug-likeness (QED) is 0.761. The molecule has 0 saturated carbocycles. The van der Waals surface area contributed by atoms with Gasteiger partial charge in [0.1, 0.15) is 6.04 Å². The van der Waals surface area contributed by atoms with E-state index in [2.05, 4.69) is 10.3 Å². The maximum atomic E-state index is 13.2. The van der Waals surface area contributed by atoms with Crippen LogP contribution >= 0.6 is 0 Å². The molecule has 2 aromatic rings. The number of halogens is 1. The number of hydrogen-bond donors (Lipinski definition) is 1. The van der Waals surface area contributed by atoms with Gasteiger partial charge in [0.2, 0.25) is 15.9 Å². The molecular formula is C18H22FN3O3S. The number of aryl methyl sites for hydroxylation is 1. The molecule has 1 atom stereocenters. The second-order valence-corrected chi connectivity index (χ2v) is 7.72. The van der Waals surface area contributed by atoms with E-state index < -0.39 is 28.6 Å². The molecule has 140 valence electrons. The highest BCUT2D eigenvalue weighted by molar-refractivity contribution is 7.89. The fourth-order valence-corrected chi connectivity index (χ4v) is 4.16. The molecular weight excluding hydrogens is 357 g/mol. The van der Waals surface area contributed by atoms with Crippen LogP contribution < -0.4 is 5.32 Å². The highest BCUT2D eigenvalue weighted by atomic mass is 32.2. The summed E-state index contributed by atoms with van der Waals surface area (Å²) in [4.78, 5) is 16.3. The maximum absolute atomic E-state index is 13.2. The topological polar surface area (TPSA) is 79.4 Å². The third-order valence-electron chi connectivity index (χ3n) is 3.97. The summed E-state index contributed by atoms with van der Waals surface area (Å²) in [7, 11) is -2.62. The predicted molar refractivity (Wildman–Crippen MR) is 96.6 cm³/mol. The van der Waals surface area contributed by atoms with Gasteiger partial charge in [0.25, 0.3) is 0 Å². The summed E-state index contributed by atoms with van der Waals surface area (Å²) in [6, 6.07) is 8.56. The number of sulfonamides is 1. The lowest BCUT2D eigenvalue weighted by Gasteiger charge is -2.29. The van der Waals surface area contributed by atoms with Crippen molar-refractivity contribution in [3.63, 3.8) is 0 Å². The Hall–Kier alpha value is -2.32. The van der Waals surface area contributed by atoms with Gasteiger partial charge in [-0.05, 0) is 30.7 Å². The number of pyridine rings is 1. The summed E-state index contributed by atoms with van der Waals surface area (Å²) in [5, 5.41) is 2.42. The number of carbonyl (C=O) groups is 1. The highest BCUT2D eigenvalue weighted by Crippen LogP contribution is 2.23. The van der Waals surface area contributed by atoms with Crippen molar-refractivity contribution < 1.29 is 17.6 Å². The average molecular weight is 379 g/mol. The van der Waals surface area contributed by atoms with E-state index in [0.717, 1.165) is 9.87 Å². The van der Waals surface area contributed by atoms with Crippen molar-refractivity contribution in [3.8, 4) is 0 Å². The molecule has 8 heteroatoms. The molecule has 0 aliphatic carbocycles. The van der Waals surface area contributed by atoms with Gasteiger partial charge in [-0.15, -0.1) is 0 Å². The Kier molecular flexibility index (Phi) is 6.82. The van der Waals surface area contributed by atoms with Crippen LogP contribution in [0.2, 0.25) is 0 Å². The van der Waals surface area contributed by atoms with Crippen LogP contribution in [0.15, 0.2) is 53.7 Å². The minimum absolute atomic E-state index is 0.0553. The number of carbonyl (C=O) groups excluding carboxylic acids is 1. The third-order valence-corrected chi connectivity index (χ3v) is 5.84. The molecule has 6 nitrogen and oxygen atoms in total. The first-order valence-electron chi connectivity index (χ1n) is 8.15. The summed E-state index contributed by atoms with van der Waals surface area (Å²) in [6.07, 6.45) is 2.86. The van der Waals surface area contributed by atoms with Crippen LogP contribution in [0.4, 0.5) is 4.39 Å². The van der Waals surface area contributed by atoms with Crippen LogP contribution in [0.5, 0.6) is 0 Å². The van der Waals surface area contributed by atoms with Gasteiger partial charge in [-0.2, -0.15) is 4.31 Å². The van der Waals surface area contributed by atoms with Gasteiger partial charge in [0.15, 0.2) is 0 Å². The van der Waals surface area contributed by atoms with Gasteiger partial charge in [-0.1, -0.05) is 23.8 Å². The highest BCUT2D eigenvalue weighted by Gasteiger charge is 2.35. The van der Waals surface area contributed by atoms with E-state index in [-0.39, 0.29) is 17.9 Å². The second kappa shape index (κ2) is 8.86. The summed E-state index contributed by atoms with van der Waals surface area (Å²) >= 11 is 0. The Morgan fingerprint density at radius 1 is 1.27 bits per heavy atom. The Balaban J connectivity index is 2.50. The van der Waals surface area contributed by atoms with Gasteiger partial charge in [0, 0.05) is 32.4 Å². The number of likely N-dealkylation sites (N-methyl/N-ethyl adjacent to an activating group) is 1.